The van der Waals surface area contributed by atoms with Crippen molar-refractivity contribution in [1.29, 1.82) is 0 Å². The van der Waals surface area contributed by atoms with Gasteiger partial charge in [0.25, 0.3) is 11.6 Å². The SMILES string of the molecule is CCc1nn(-c2cccc(Cl)c2)c([O-])c1C1=C([n+]2cccc(C)c2)C(=O)N(CC(C)C)C1=O. The van der Waals surface area contributed by atoms with Gasteiger partial charge in [0.1, 0.15) is 5.57 Å². The molecule has 33 heavy (non-hydrogen) atoms. The third-order valence-corrected chi connectivity index (χ3v) is 5.69. The molecule has 3 aromatic rings. The maximum Gasteiger partial charge on any atom is 0.326 e. The van der Waals surface area contributed by atoms with E-state index in [1.165, 1.54) is 9.58 Å². The molecule has 0 saturated heterocycles. The summed E-state index contributed by atoms with van der Waals surface area (Å²) in [4.78, 5) is 28.3. The fourth-order valence-corrected chi connectivity index (χ4v) is 4.20. The first-order valence-electron chi connectivity index (χ1n) is 10.9. The molecule has 1 aliphatic rings. The van der Waals surface area contributed by atoms with Crippen LogP contribution in [0.25, 0.3) is 17.0 Å². The number of aromatic nitrogens is 3. The van der Waals surface area contributed by atoms with Crippen molar-refractivity contribution in [2.75, 3.05) is 6.54 Å². The quantitative estimate of drug-likeness (QED) is 0.414. The second kappa shape index (κ2) is 8.83. The Labute approximate surface area is 197 Å². The van der Waals surface area contributed by atoms with Gasteiger partial charge in [-0.05, 0) is 49.4 Å². The topological polar surface area (TPSA) is 82.1 Å². The van der Waals surface area contributed by atoms with E-state index in [0.717, 1.165) is 5.56 Å². The minimum absolute atomic E-state index is 0.0764. The average molecular weight is 465 g/mol. The number of nitrogens with zero attached hydrogens (tertiary/aromatic N) is 4. The smallest absolute Gasteiger partial charge is 0.326 e. The molecule has 0 saturated carbocycles. The third kappa shape index (κ3) is 4.04. The highest BCUT2D eigenvalue weighted by Crippen LogP contribution is 2.37. The van der Waals surface area contributed by atoms with Crippen LogP contribution in [-0.2, 0) is 16.0 Å². The van der Waals surface area contributed by atoms with Crippen molar-refractivity contribution >= 4 is 34.7 Å². The van der Waals surface area contributed by atoms with Crippen LogP contribution in [0, 0.1) is 12.8 Å². The second-order valence-corrected chi connectivity index (χ2v) is 8.94. The van der Waals surface area contributed by atoms with Gasteiger partial charge >= 0.3 is 5.91 Å². The molecule has 0 unspecified atom stereocenters. The number of aryl methyl sites for hydroxylation is 2. The molecule has 0 radical (unpaired) electrons. The summed E-state index contributed by atoms with van der Waals surface area (Å²) >= 11 is 6.12. The molecule has 4 rings (SSSR count). The molecule has 170 valence electrons. The van der Waals surface area contributed by atoms with Gasteiger partial charge in [-0.25, -0.2) is 4.68 Å². The number of benzene rings is 1. The first-order valence-corrected chi connectivity index (χ1v) is 11.2. The Morgan fingerprint density at radius 2 is 1.91 bits per heavy atom. The predicted octanol–water partition coefficient (Wildman–Crippen LogP) is 3.15. The third-order valence-electron chi connectivity index (χ3n) is 5.45. The molecule has 8 heteroatoms. The number of hydrogen-bond acceptors (Lipinski definition) is 4. The first-order chi connectivity index (χ1) is 15.7. The van der Waals surface area contributed by atoms with E-state index < -0.39 is 17.7 Å². The van der Waals surface area contributed by atoms with E-state index in [9.17, 15) is 14.7 Å². The number of amides is 2. The van der Waals surface area contributed by atoms with Gasteiger partial charge in [-0.1, -0.05) is 38.4 Å². The van der Waals surface area contributed by atoms with Gasteiger partial charge in [0.2, 0.25) is 0 Å². The molecule has 1 aliphatic heterocycles. The van der Waals surface area contributed by atoms with E-state index in [2.05, 4.69) is 5.10 Å². The van der Waals surface area contributed by atoms with Crippen molar-refractivity contribution in [3.05, 3.63) is 70.6 Å². The van der Waals surface area contributed by atoms with E-state index >= 15 is 0 Å². The van der Waals surface area contributed by atoms with Crippen LogP contribution in [0.1, 0.15) is 37.6 Å². The summed E-state index contributed by atoms with van der Waals surface area (Å²) in [7, 11) is 0. The molecule has 0 fully saturated rings. The summed E-state index contributed by atoms with van der Waals surface area (Å²) in [5.74, 6) is -1.28. The monoisotopic (exact) mass is 464 g/mol. The highest BCUT2D eigenvalue weighted by molar-refractivity contribution is 6.45. The van der Waals surface area contributed by atoms with Crippen LogP contribution in [-0.4, -0.2) is 33.0 Å². The number of carbonyl (C=O) groups excluding carboxylic acids is 2. The van der Waals surface area contributed by atoms with Crippen molar-refractivity contribution in [3.8, 4) is 11.6 Å². The van der Waals surface area contributed by atoms with E-state index in [1.54, 1.807) is 47.3 Å². The zero-order chi connectivity index (χ0) is 23.9. The molecule has 7 nitrogen and oxygen atoms in total. The van der Waals surface area contributed by atoms with Crippen molar-refractivity contribution in [2.45, 2.75) is 34.1 Å². The van der Waals surface area contributed by atoms with Crippen LogP contribution in [0.15, 0.2) is 48.8 Å². The molecule has 0 atom stereocenters. The van der Waals surface area contributed by atoms with E-state index in [-0.39, 0.29) is 29.3 Å². The number of rotatable bonds is 6. The van der Waals surface area contributed by atoms with Crippen LogP contribution >= 0.6 is 11.6 Å². The fourth-order valence-electron chi connectivity index (χ4n) is 4.02. The molecule has 2 amide bonds. The number of carbonyl (C=O) groups is 2. The standard InChI is InChI=1S/C25H25ClN4O3/c1-5-19-20(24(32)30(27-19)18-10-6-9-17(26)12-18)21-22(28-11-7-8-16(4)14-28)25(33)29(23(21)31)13-15(2)3/h6-12,14-15H,5,13H2,1-4H3. The zero-order valence-corrected chi connectivity index (χ0v) is 19.8. The number of halogens is 1. The Morgan fingerprint density at radius 1 is 1.15 bits per heavy atom. The van der Waals surface area contributed by atoms with Crippen molar-refractivity contribution < 1.29 is 19.3 Å². The summed E-state index contributed by atoms with van der Waals surface area (Å²) < 4.78 is 2.87. The Morgan fingerprint density at radius 3 is 2.55 bits per heavy atom. The highest BCUT2D eigenvalue weighted by atomic mass is 35.5. The van der Waals surface area contributed by atoms with Crippen molar-refractivity contribution in [3.63, 3.8) is 0 Å². The highest BCUT2D eigenvalue weighted by Gasteiger charge is 2.46. The molecule has 0 aliphatic carbocycles. The van der Waals surface area contributed by atoms with Gasteiger partial charge in [0, 0.05) is 28.8 Å². The lowest BCUT2D eigenvalue weighted by atomic mass is 10.0. The van der Waals surface area contributed by atoms with Crippen LogP contribution in [0.2, 0.25) is 5.02 Å². The van der Waals surface area contributed by atoms with E-state index in [0.29, 0.717) is 22.8 Å². The predicted molar refractivity (Wildman–Crippen MR) is 123 cm³/mol. The van der Waals surface area contributed by atoms with Crippen LogP contribution < -0.4 is 9.67 Å². The minimum Gasteiger partial charge on any atom is -0.858 e. The largest absolute Gasteiger partial charge is 0.858 e. The number of pyridine rings is 1. The molecular formula is C25H25ClN4O3. The van der Waals surface area contributed by atoms with Gasteiger partial charge < -0.3 is 5.11 Å². The Bertz CT molecular complexity index is 1290. The van der Waals surface area contributed by atoms with E-state index in [1.807, 2.05) is 33.8 Å². The van der Waals surface area contributed by atoms with Gasteiger partial charge in [0.05, 0.1) is 11.4 Å². The molecule has 1 aromatic carbocycles. The molecule has 0 bridgehead atoms. The Hall–Kier alpha value is -3.45. The van der Waals surface area contributed by atoms with E-state index in [4.69, 9.17) is 11.6 Å². The lowest BCUT2D eigenvalue weighted by Gasteiger charge is -2.17. The second-order valence-electron chi connectivity index (χ2n) is 8.50. The van der Waals surface area contributed by atoms with Crippen molar-refractivity contribution in [2.24, 2.45) is 5.92 Å². The zero-order valence-electron chi connectivity index (χ0n) is 19.0. The lowest BCUT2D eigenvalue weighted by Crippen LogP contribution is -2.41. The molecule has 0 N–H and O–H groups in total. The molecule has 0 spiro atoms. The molecule has 2 aromatic heterocycles. The Kier molecular flexibility index (Phi) is 6.08. The summed E-state index contributed by atoms with van der Waals surface area (Å²) in [6, 6.07) is 10.5. The minimum atomic E-state index is -0.477. The van der Waals surface area contributed by atoms with Crippen LogP contribution in [0.5, 0.6) is 5.88 Å². The number of imide groups is 1. The van der Waals surface area contributed by atoms with Crippen molar-refractivity contribution in [1.82, 2.24) is 14.7 Å². The Balaban J connectivity index is 1.99. The average Bonchev–Trinajstić information content (AvgIpc) is 3.21. The molecular weight excluding hydrogens is 440 g/mol. The summed E-state index contributed by atoms with van der Waals surface area (Å²) in [5.41, 5.74) is 2.28. The number of hydrogen-bond donors (Lipinski definition) is 0. The first kappa shape index (κ1) is 22.7. The summed E-state index contributed by atoms with van der Waals surface area (Å²) in [5, 5.41) is 18.6. The fraction of sp³-hybridized carbons (Fsp3) is 0.280. The van der Waals surface area contributed by atoms with Crippen LogP contribution in [0.3, 0.4) is 0 Å². The van der Waals surface area contributed by atoms with Crippen LogP contribution in [0.4, 0.5) is 0 Å². The lowest BCUT2D eigenvalue weighted by molar-refractivity contribution is -0.577. The maximum atomic E-state index is 13.6. The summed E-state index contributed by atoms with van der Waals surface area (Å²) in [6.45, 7) is 7.89. The summed E-state index contributed by atoms with van der Waals surface area (Å²) in [6.07, 6.45) is 3.90. The van der Waals surface area contributed by atoms with Gasteiger partial charge in [-0.15, -0.1) is 0 Å². The van der Waals surface area contributed by atoms with Gasteiger partial charge in [0.15, 0.2) is 12.4 Å². The molecule has 3 heterocycles. The van der Waals surface area contributed by atoms with Gasteiger partial charge in [-0.3, -0.25) is 14.5 Å². The maximum absolute atomic E-state index is 13.6. The van der Waals surface area contributed by atoms with Gasteiger partial charge in [-0.2, -0.15) is 9.67 Å². The normalized spacial score (nSPS) is 14.2.